The summed E-state index contributed by atoms with van der Waals surface area (Å²) in [6.45, 7) is 42.8. The molecule has 0 saturated carbocycles. The van der Waals surface area contributed by atoms with Crippen LogP contribution in [0.3, 0.4) is 0 Å². The van der Waals surface area contributed by atoms with Crippen LogP contribution in [0.15, 0.2) is 69.7 Å². The van der Waals surface area contributed by atoms with Crippen molar-refractivity contribution < 1.29 is 51.2 Å². The highest BCUT2D eigenvalue weighted by atomic mass is 127. The van der Waals surface area contributed by atoms with E-state index in [1.165, 1.54) is 0 Å². The van der Waals surface area contributed by atoms with Gasteiger partial charge in [-0.2, -0.15) is 0 Å². The Labute approximate surface area is 477 Å². The average Bonchev–Trinajstić information content (AvgIpc) is 3.85. The van der Waals surface area contributed by atoms with E-state index < -0.39 is 56.0 Å². The molecule has 11 nitrogen and oxygen atoms in total. The summed E-state index contributed by atoms with van der Waals surface area (Å²) in [6.07, 6.45) is 6.25. The van der Waals surface area contributed by atoms with Gasteiger partial charge in [0.05, 0.1) is 83.4 Å². The molecular weight excluding hydrogens is 1120 g/mol. The molecule has 5 aliphatic heterocycles. The van der Waals surface area contributed by atoms with Crippen molar-refractivity contribution in [2.45, 2.75) is 279 Å². The maximum absolute atomic E-state index is 15.5. The van der Waals surface area contributed by atoms with Gasteiger partial charge in [0.25, 0.3) is 0 Å². The van der Waals surface area contributed by atoms with E-state index in [0.29, 0.717) is 31.6 Å². The molecule has 5 aliphatic rings. The van der Waals surface area contributed by atoms with Crippen LogP contribution in [0.2, 0.25) is 36.3 Å². The van der Waals surface area contributed by atoms with Gasteiger partial charge in [0.2, 0.25) is 0 Å². The lowest BCUT2D eigenvalue weighted by molar-refractivity contribution is -0.253. The van der Waals surface area contributed by atoms with Crippen molar-refractivity contribution in [3.05, 3.63) is 64.8 Å². The van der Waals surface area contributed by atoms with Crippen molar-refractivity contribution in [1.82, 2.24) is 0 Å². The van der Waals surface area contributed by atoms with Gasteiger partial charge in [0.1, 0.15) is 6.10 Å². The van der Waals surface area contributed by atoms with Crippen LogP contribution in [-0.2, 0) is 42.4 Å². The third-order valence-electron chi connectivity index (χ3n) is 19.4. The summed E-state index contributed by atoms with van der Waals surface area (Å²) in [5.41, 5.74) is 2.11. The van der Waals surface area contributed by atoms with Gasteiger partial charge in [0.15, 0.2) is 26.5 Å². The van der Waals surface area contributed by atoms with Gasteiger partial charge in [-0.3, -0.25) is 0 Å². The zero-order chi connectivity index (χ0) is 56.3. The predicted octanol–water partition coefficient (Wildman–Crippen LogP) is 13.7. The van der Waals surface area contributed by atoms with Gasteiger partial charge in [-0.15, -0.1) is 0 Å². The molecule has 0 spiro atoms. The smallest absolute Gasteiger partial charge is 0.193 e. The second kappa shape index (κ2) is 26.6. The van der Waals surface area contributed by atoms with Crippen LogP contribution >= 0.6 is 22.6 Å². The Balaban J connectivity index is 1.29. The molecular formula is C61H103IO11SSi2. The summed E-state index contributed by atoms with van der Waals surface area (Å²) in [7, 11) is -8.74. The third kappa shape index (κ3) is 15.2. The molecule has 5 saturated heterocycles. The summed E-state index contributed by atoms with van der Waals surface area (Å²) in [4.78, 5) is 0.197. The highest BCUT2D eigenvalue weighted by molar-refractivity contribution is 14.1. The lowest BCUT2D eigenvalue weighted by atomic mass is 9.77. The number of rotatable bonds is 23. The first-order valence-electron chi connectivity index (χ1n) is 29.3. The number of fused-ring (bicyclic) bond motifs is 1. The fraction of sp³-hybridized carbons (Fsp3) is 0.803. The Morgan fingerprint density at radius 1 is 0.829 bits per heavy atom. The van der Waals surface area contributed by atoms with E-state index in [-0.39, 0.29) is 107 Å². The van der Waals surface area contributed by atoms with Crippen LogP contribution in [0.5, 0.6) is 0 Å². The lowest BCUT2D eigenvalue weighted by Gasteiger charge is -2.54. The number of benzene rings is 1. The minimum Gasteiger partial charge on any atom is -0.411 e. The number of sulfone groups is 1. The van der Waals surface area contributed by atoms with Gasteiger partial charge in [-0.1, -0.05) is 137 Å². The Hall–Kier alpha value is -0.806. The van der Waals surface area contributed by atoms with E-state index >= 15 is 8.42 Å². The van der Waals surface area contributed by atoms with Gasteiger partial charge < -0.3 is 42.7 Å². The predicted molar refractivity (Wildman–Crippen MR) is 321 cm³/mol. The average molecular weight is 1230 g/mol. The highest BCUT2D eigenvalue weighted by Crippen LogP contribution is 2.49. The first-order chi connectivity index (χ1) is 35.4. The van der Waals surface area contributed by atoms with Crippen molar-refractivity contribution in [1.29, 1.82) is 0 Å². The minimum atomic E-state index is -4.14. The molecule has 0 amide bonds. The monoisotopic (exact) mass is 1230 g/mol. The van der Waals surface area contributed by atoms with E-state index in [0.717, 1.165) is 56.1 Å². The molecule has 15 heteroatoms. The lowest BCUT2D eigenvalue weighted by Crippen LogP contribution is -2.64. The van der Waals surface area contributed by atoms with Crippen molar-refractivity contribution in [2.24, 2.45) is 29.6 Å². The topological polar surface area (TPSA) is 139 Å². The van der Waals surface area contributed by atoms with E-state index in [2.05, 4.69) is 144 Å². The summed E-state index contributed by atoms with van der Waals surface area (Å²) in [5, 5.41) is 21.2. The number of hydrogen-bond donors (Lipinski definition) is 2. The maximum Gasteiger partial charge on any atom is 0.193 e. The largest absolute Gasteiger partial charge is 0.411 e. The van der Waals surface area contributed by atoms with Crippen molar-refractivity contribution >= 4 is 49.1 Å². The Bertz CT molecular complexity index is 2180. The van der Waals surface area contributed by atoms with Gasteiger partial charge in [-0.25, -0.2) is 8.42 Å². The Morgan fingerprint density at radius 3 is 2.11 bits per heavy atom. The maximum atomic E-state index is 15.5. The molecule has 6 rings (SSSR count). The fourth-order valence-corrected chi connectivity index (χ4v) is 17.6. The van der Waals surface area contributed by atoms with Gasteiger partial charge in [-0.05, 0) is 145 Å². The Morgan fingerprint density at radius 2 is 1.49 bits per heavy atom. The second-order valence-corrected chi connectivity index (χ2v) is 39.4. The molecule has 5 unspecified atom stereocenters. The zero-order valence-electron chi connectivity index (χ0n) is 49.5. The zero-order valence-corrected chi connectivity index (χ0v) is 54.4. The number of aliphatic hydroxyl groups excluding tert-OH is 2. The molecule has 0 bridgehead atoms. The Kier molecular flexibility index (Phi) is 22.5. The second-order valence-electron chi connectivity index (χ2n) is 27.1. The van der Waals surface area contributed by atoms with Crippen LogP contribution in [0, 0.1) is 29.6 Å². The van der Waals surface area contributed by atoms with E-state index in [1.807, 2.05) is 10.1 Å². The molecule has 5 heterocycles. The molecule has 0 aromatic heterocycles. The first kappa shape index (κ1) is 64.4. The molecule has 5 fully saturated rings. The molecule has 434 valence electrons. The van der Waals surface area contributed by atoms with Crippen molar-refractivity contribution in [2.75, 3.05) is 6.61 Å². The van der Waals surface area contributed by atoms with E-state index in [4.69, 9.17) is 32.5 Å². The van der Waals surface area contributed by atoms with Crippen LogP contribution in [-0.4, -0.2) is 126 Å². The number of hydrogen-bond acceptors (Lipinski definition) is 11. The summed E-state index contributed by atoms with van der Waals surface area (Å²) >= 11 is 2.29. The summed E-state index contributed by atoms with van der Waals surface area (Å²) in [6, 6.07) is 8.68. The van der Waals surface area contributed by atoms with Crippen LogP contribution in [0.4, 0.5) is 0 Å². The molecule has 2 N–H and O–H groups in total. The molecule has 1 aromatic carbocycles. The minimum absolute atomic E-state index is 0.0119. The van der Waals surface area contributed by atoms with E-state index in [9.17, 15) is 10.2 Å². The summed E-state index contributed by atoms with van der Waals surface area (Å²) < 4.78 is 82.7. The molecule has 0 radical (unpaired) electrons. The van der Waals surface area contributed by atoms with Crippen LogP contribution in [0.25, 0.3) is 0 Å². The standard InChI is InChI=1S/C61H103IO11SSi2/c1-18-38(2)33-52-42(6)55(54(70-52)37-53-41(5)39(3)34-45(68-53)26-28-49-40(4)35-44(67-49)23-22-32-63)59(74(65,66)47-24-20-19-21-25-47)48(64)36-46-27-29-50-56(69-46)43(7)57(73-76(16,17)61(11,12)13)58(71-50)51(30-31-62)72-75(14,15)60(8,9)10/h19-21,24-25,30-31,38-39,42-46,48-59,63-64H,4-5,18,22-23,26-29,32-37H2,1-3,6-17H3/b31-30+/t38-,39-,42+,43+,44+,45?,46?,48?,49+,50+,51+,52-,53?,54+,55-,56-,57+,58+,59?/m1/s1. The highest BCUT2D eigenvalue weighted by Gasteiger charge is 2.57. The van der Waals surface area contributed by atoms with Gasteiger partial charge >= 0.3 is 0 Å². The fourth-order valence-electron chi connectivity index (χ4n) is 12.4. The molecule has 76 heavy (non-hydrogen) atoms. The van der Waals surface area contributed by atoms with E-state index in [1.54, 1.807) is 24.3 Å². The molecule has 0 aliphatic carbocycles. The normalized spacial score (nSPS) is 34.8. The summed E-state index contributed by atoms with van der Waals surface area (Å²) in [5.74, 6) is -0.265. The van der Waals surface area contributed by atoms with Crippen LogP contribution < -0.4 is 0 Å². The number of halogens is 1. The molecule has 19 atom stereocenters. The van der Waals surface area contributed by atoms with Crippen LogP contribution in [0.1, 0.15) is 153 Å². The van der Waals surface area contributed by atoms with Gasteiger partial charge in [0, 0.05) is 31.3 Å². The quantitative estimate of drug-likeness (QED) is 0.0615. The van der Waals surface area contributed by atoms with Crippen molar-refractivity contribution in [3.63, 3.8) is 0 Å². The van der Waals surface area contributed by atoms with Crippen molar-refractivity contribution in [3.8, 4) is 0 Å². The third-order valence-corrected chi connectivity index (χ3v) is 31.1. The SMILES string of the molecule is C=C1C(C[C@@H]2O[C@H](C[C@H](C)CC)[C@H](C)[C@H]2C(C(O)CC2CC[C@@H]3O[C@@H]([C@H](/C=C/I)O[Si](C)(C)C(C)(C)C)[C@@H](O[Si](C)(C)C(C)(C)C)[C@@H](C)[C@H]3O2)S(=O)(=O)c2ccccc2)OC(CC[C@@H]2O[C@@H](CCCO)CC2=C)C[C@H]1C. The number of ether oxygens (including phenoxy) is 5. The number of aliphatic hydroxyl groups is 2. The first-order valence-corrected chi connectivity index (χ1v) is 37.9. The molecule has 1 aromatic rings.